The lowest BCUT2D eigenvalue weighted by atomic mass is 10.1. The second kappa shape index (κ2) is 6.37. The number of hydrazone groups is 1. The van der Waals surface area contributed by atoms with Crippen molar-refractivity contribution in [2.45, 2.75) is 0 Å². The molecular formula is C16H14N4S. The molecule has 0 N–H and O–H groups in total. The Morgan fingerprint density at radius 2 is 1.67 bits per heavy atom. The van der Waals surface area contributed by atoms with Gasteiger partial charge in [0.1, 0.15) is 5.71 Å². The fourth-order valence-corrected chi connectivity index (χ4v) is 2.67. The van der Waals surface area contributed by atoms with Gasteiger partial charge in [-0.3, -0.25) is 0 Å². The van der Waals surface area contributed by atoms with E-state index < -0.39 is 0 Å². The summed E-state index contributed by atoms with van der Waals surface area (Å²) < 4.78 is 1.83. The molecule has 1 aliphatic rings. The number of nitrogens with zero attached hydrogens (tertiary/aromatic N) is 4. The Morgan fingerprint density at radius 3 is 2.38 bits per heavy atom. The van der Waals surface area contributed by atoms with Crippen LogP contribution in [0.2, 0.25) is 0 Å². The fourth-order valence-electron chi connectivity index (χ4n) is 1.92. The molecule has 1 heterocycles. The number of allylic oxidation sites excluding steroid dienone is 1. The molecule has 4 nitrogen and oxygen atoms in total. The maximum atomic E-state index is 4.51. The molecule has 0 saturated heterocycles. The molecule has 1 aliphatic heterocycles. The van der Waals surface area contributed by atoms with E-state index in [-0.39, 0.29) is 0 Å². The monoisotopic (exact) mass is 294 g/mol. The van der Waals surface area contributed by atoms with Crippen molar-refractivity contribution >= 4 is 23.3 Å². The highest BCUT2D eigenvalue weighted by atomic mass is 32.2. The van der Waals surface area contributed by atoms with Crippen LogP contribution in [0.4, 0.5) is 5.69 Å². The molecule has 0 amide bonds. The predicted octanol–water partition coefficient (Wildman–Crippen LogP) is 4.61. The zero-order valence-corrected chi connectivity index (χ0v) is 12.4. The Bertz CT molecular complexity index is 693. The van der Waals surface area contributed by atoms with Gasteiger partial charge in [-0.15, -0.1) is 0 Å². The Balaban J connectivity index is 1.83. The summed E-state index contributed by atoms with van der Waals surface area (Å²) in [5, 5.41) is 12.9. The van der Waals surface area contributed by atoms with Gasteiger partial charge in [-0.25, -0.2) is 4.41 Å². The SMILES string of the molecule is CN1N=C(c2ccccc2)/C(=C\N=Nc2ccccc2)S1. The van der Waals surface area contributed by atoms with Crippen molar-refractivity contribution in [3.05, 3.63) is 77.3 Å². The van der Waals surface area contributed by atoms with Crippen LogP contribution < -0.4 is 0 Å². The van der Waals surface area contributed by atoms with E-state index in [0.717, 1.165) is 21.9 Å². The first kappa shape index (κ1) is 13.6. The number of hydrogen-bond acceptors (Lipinski definition) is 5. The van der Waals surface area contributed by atoms with E-state index in [0.29, 0.717) is 0 Å². The average molecular weight is 294 g/mol. The van der Waals surface area contributed by atoms with Crippen LogP contribution in [0, 0.1) is 0 Å². The first-order valence-electron chi connectivity index (χ1n) is 6.55. The number of azo groups is 1. The third-order valence-corrected chi connectivity index (χ3v) is 3.70. The lowest BCUT2D eigenvalue weighted by Gasteiger charge is -2.00. The van der Waals surface area contributed by atoms with Crippen LogP contribution in [0.1, 0.15) is 5.56 Å². The third-order valence-electron chi connectivity index (χ3n) is 2.86. The minimum absolute atomic E-state index is 0.837. The van der Waals surface area contributed by atoms with Crippen LogP contribution in [0.25, 0.3) is 0 Å². The van der Waals surface area contributed by atoms with Crippen LogP contribution in [0.3, 0.4) is 0 Å². The lowest BCUT2D eigenvalue weighted by Crippen LogP contribution is -1.98. The quantitative estimate of drug-likeness (QED) is 0.612. The van der Waals surface area contributed by atoms with E-state index >= 15 is 0 Å². The smallest absolute Gasteiger partial charge is 0.108 e. The average Bonchev–Trinajstić information content (AvgIpc) is 2.90. The summed E-state index contributed by atoms with van der Waals surface area (Å²) >= 11 is 1.54. The number of benzene rings is 2. The Morgan fingerprint density at radius 1 is 1.00 bits per heavy atom. The summed E-state index contributed by atoms with van der Waals surface area (Å²) in [4.78, 5) is 0.989. The van der Waals surface area contributed by atoms with Crippen LogP contribution in [-0.2, 0) is 0 Å². The summed E-state index contributed by atoms with van der Waals surface area (Å²) in [5.41, 5.74) is 2.84. The largest absolute Gasteiger partial charge is 0.237 e. The van der Waals surface area contributed by atoms with Crippen molar-refractivity contribution < 1.29 is 0 Å². The molecule has 3 rings (SSSR count). The normalized spacial score (nSPS) is 16.7. The molecule has 0 atom stereocenters. The van der Waals surface area contributed by atoms with Crippen molar-refractivity contribution in [2.24, 2.45) is 15.3 Å². The van der Waals surface area contributed by atoms with Gasteiger partial charge in [0.25, 0.3) is 0 Å². The van der Waals surface area contributed by atoms with Crippen molar-refractivity contribution in [3.63, 3.8) is 0 Å². The maximum Gasteiger partial charge on any atom is 0.108 e. The van der Waals surface area contributed by atoms with Gasteiger partial charge in [0.15, 0.2) is 0 Å². The highest BCUT2D eigenvalue weighted by Gasteiger charge is 2.20. The standard InChI is InChI=1S/C16H14N4S/c1-20-19-16(13-8-4-2-5-9-13)15(21-20)12-17-18-14-10-6-3-7-11-14/h2-12H,1H3/b15-12+,18-17?. The molecule has 2 aromatic carbocycles. The summed E-state index contributed by atoms with van der Waals surface area (Å²) in [7, 11) is 1.92. The molecule has 0 aromatic heterocycles. The van der Waals surface area contributed by atoms with Gasteiger partial charge in [-0.1, -0.05) is 48.5 Å². The van der Waals surface area contributed by atoms with Crippen molar-refractivity contribution in [1.29, 1.82) is 0 Å². The molecule has 0 bridgehead atoms. The summed E-state index contributed by atoms with van der Waals surface area (Å²) in [6.07, 6.45) is 1.76. The van der Waals surface area contributed by atoms with E-state index in [9.17, 15) is 0 Å². The second-order valence-corrected chi connectivity index (χ2v) is 5.57. The van der Waals surface area contributed by atoms with Crippen molar-refractivity contribution in [2.75, 3.05) is 7.05 Å². The zero-order valence-electron chi connectivity index (χ0n) is 11.5. The second-order valence-electron chi connectivity index (χ2n) is 4.41. The predicted molar refractivity (Wildman–Crippen MR) is 87.4 cm³/mol. The number of rotatable bonds is 3. The first-order valence-corrected chi connectivity index (χ1v) is 7.32. The van der Waals surface area contributed by atoms with E-state index in [1.807, 2.05) is 72.1 Å². The molecule has 0 saturated carbocycles. The van der Waals surface area contributed by atoms with E-state index in [1.54, 1.807) is 18.1 Å². The fraction of sp³-hybridized carbons (Fsp3) is 0.0625. The molecular weight excluding hydrogens is 280 g/mol. The first-order chi connectivity index (χ1) is 10.3. The van der Waals surface area contributed by atoms with Gasteiger partial charge >= 0.3 is 0 Å². The van der Waals surface area contributed by atoms with Crippen LogP contribution in [0.15, 0.2) is 87.1 Å². The minimum atomic E-state index is 0.837. The Kier molecular flexibility index (Phi) is 4.12. The van der Waals surface area contributed by atoms with Crippen LogP contribution in [0.5, 0.6) is 0 Å². The molecule has 104 valence electrons. The summed E-state index contributed by atoms with van der Waals surface area (Å²) in [6, 6.07) is 19.8. The van der Waals surface area contributed by atoms with Gasteiger partial charge in [0.2, 0.25) is 0 Å². The highest BCUT2D eigenvalue weighted by molar-refractivity contribution is 8.02. The molecule has 0 spiro atoms. The lowest BCUT2D eigenvalue weighted by molar-refractivity contribution is 0.628. The maximum absolute atomic E-state index is 4.51. The zero-order chi connectivity index (χ0) is 14.5. The topological polar surface area (TPSA) is 40.3 Å². The molecule has 0 unspecified atom stereocenters. The Hall–Kier alpha value is -2.40. The van der Waals surface area contributed by atoms with E-state index in [2.05, 4.69) is 15.3 Å². The molecule has 5 heteroatoms. The van der Waals surface area contributed by atoms with Crippen molar-refractivity contribution in [1.82, 2.24) is 4.41 Å². The summed E-state index contributed by atoms with van der Waals surface area (Å²) in [6.45, 7) is 0. The third kappa shape index (κ3) is 3.38. The van der Waals surface area contributed by atoms with E-state index in [4.69, 9.17) is 0 Å². The highest BCUT2D eigenvalue weighted by Crippen LogP contribution is 2.31. The van der Waals surface area contributed by atoms with E-state index in [1.165, 1.54) is 0 Å². The minimum Gasteiger partial charge on any atom is -0.237 e. The van der Waals surface area contributed by atoms with Crippen molar-refractivity contribution in [3.8, 4) is 0 Å². The molecule has 2 aromatic rings. The number of hydrogen-bond donors (Lipinski definition) is 0. The van der Waals surface area contributed by atoms with Gasteiger partial charge in [0, 0.05) is 24.6 Å². The van der Waals surface area contributed by atoms with Gasteiger partial charge in [-0.05, 0) is 12.1 Å². The van der Waals surface area contributed by atoms with Crippen LogP contribution in [-0.4, -0.2) is 17.2 Å². The van der Waals surface area contributed by atoms with Gasteiger partial charge < -0.3 is 0 Å². The Labute approximate surface area is 128 Å². The summed E-state index contributed by atoms with van der Waals surface area (Å²) in [5.74, 6) is 0. The van der Waals surface area contributed by atoms with Gasteiger partial charge in [-0.2, -0.15) is 15.3 Å². The van der Waals surface area contributed by atoms with Crippen LogP contribution >= 0.6 is 11.9 Å². The molecule has 21 heavy (non-hydrogen) atoms. The molecule has 0 aliphatic carbocycles. The molecule has 0 radical (unpaired) electrons. The van der Waals surface area contributed by atoms with Gasteiger partial charge in [0.05, 0.1) is 16.8 Å². The molecule has 0 fully saturated rings.